The number of benzene rings is 1. The SMILES string of the molecule is CN(CC(=O)NC1CC1)c1c(F)cccc1CO. The van der Waals surface area contributed by atoms with Gasteiger partial charge in [0, 0.05) is 18.7 Å². The minimum absolute atomic E-state index is 0.0877. The van der Waals surface area contributed by atoms with Crippen molar-refractivity contribution < 1.29 is 14.3 Å². The van der Waals surface area contributed by atoms with Gasteiger partial charge in [-0.25, -0.2) is 4.39 Å². The fourth-order valence-electron chi connectivity index (χ4n) is 1.91. The maximum Gasteiger partial charge on any atom is 0.239 e. The number of rotatable bonds is 5. The van der Waals surface area contributed by atoms with Crippen LogP contribution in [0.3, 0.4) is 0 Å². The van der Waals surface area contributed by atoms with Crippen LogP contribution in [-0.2, 0) is 11.4 Å². The molecule has 0 unspecified atom stereocenters. The smallest absolute Gasteiger partial charge is 0.239 e. The Hall–Kier alpha value is -1.62. The van der Waals surface area contributed by atoms with Crippen molar-refractivity contribution in [3.8, 4) is 0 Å². The van der Waals surface area contributed by atoms with Gasteiger partial charge in [-0.2, -0.15) is 0 Å². The number of aliphatic hydroxyl groups is 1. The van der Waals surface area contributed by atoms with Gasteiger partial charge in [0.05, 0.1) is 18.8 Å². The molecule has 2 N–H and O–H groups in total. The number of likely N-dealkylation sites (N-methyl/N-ethyl adjacent to an activating group) is 1. The van der Waals surface area contributed by atoms with Gasteiger partial charge in [0.25, 0.3) is 0 Å². The molecule has 1 aromatic rings. The topological polar surface area (TPSA) is 52.6 Å². The number of nitrogens with one attached hydrogen (secondary N) is 1. The molecule has 0 saturated heterocycles. The van der Waals surface area contributed by atoms with Gasteiger partial charge in [-0.05, 0) is 18.9 Å². The second kappa shape index (κ2) is 5.35. The number of amides is 1. The van der Waals surface area contributed by atoms with Crippen LogP contribution in [0.5, 0.6) is 0 Å². The summed E-state index contributed by atoms with van der Waals surface area (Å²) in [7, 11) is 1.64. The monoisotopic (exact) mass is 252 g/mol. The van der Waals surface area contributed by atoms with Crippen LogP contribution in [0.4, 0.5) is 10.1 Å². The summed E-state index contributed by atoms with van der Waals surface area (Å²) in [5.41, 5.74) is 0.766. The average Bonchev–Trinajstić information content (AvgIpc) is 3.11. The summed E-state index contributed by atoms with van der Waals surface area (Å²) in [5, 5.41) is 12.0. The fourth-order valence-corrected chi connectivity index (χ4v) is 1.91. The molecule has 2 rings (SSSR count). The highest BCUT2D eigenvalue weighted by Crippen LogP contribution is 2.23. The maximum atomic E-state index is 13.7. The van der Waals surface area contributed by atoms with E-state index in [0.29, 0.717) is 11.6 Å². The maximum absolute atomic E-state index is 13.7. The molecule has 1 amide bonds. The molecule has 0 aliphatic heterocycles. The highest BCUT2D eigenvalue weighted by molar-refractivity contribution is 5.82. The molecule has 0 atom stereocenters. The van der Waals surface area contributed by atoms with Crippen molar-refractivity contribution >= 4 is 11.6 Å². The lowest BCUT2D eigenvalue weighted by Gasteiger charge is -2.22. The molecule has 1 saturated carbocycles. The third-order valence-corrected chi connectivity index (χ3v) is 2.95. The van der Waals surface area contributed by atoms with Crippen molar-refractivity contribution in [3.05, 3.63) is 29.6 Å². The minimum Gasteiger partial charge on any atom is -0.392 e. The van der Waals surface area contributed by atoms with Gasteiger partial charge in [0.2, 0.25) is 5.91 Å². The summed E-state index contributed by atoms with van der Waals surface area (Å²) in [4.78, 5) is 13.2. The largest absolute Gasteiger partial charge is 0.392 e. The van der Waals surface area contributed by atoms with E-state index in [0.717, 1.165) is 12.8 Å². The van der Waals surface area contributed by atoms with Crippen LogP contribution in [0.1, 0.15) is 18.4 Å². The van der Waals surface area contributed by atoms with Crippen LogP contribution in [0.15, 0.2) is 18.2 Å². The van der Waals surface area contributed by atoms with Gasteiger partial charge in [-0.1, -0.05) is 12.1 Å². The first-order valence-electron chi connectivity index (χ1n) is 6.00. The molecule has 1 aromatic carbocycles. The second-order valence-electron chi connectivity index (χ2n) is 4.60. The van der Waals surface area contributed by atoms with E-state index in [-0.39, 0.29) is 24.7 Å². The molecule has 1 aliphatic carbocycles. The summed E-state index contributed by atoms with van der Waals surface area (Å²) < 4.78 is 13.7. The van der Waals surface area contributed by atoms with Crippen molar-refractivity contribution in [2.24, 2.45) is 0 Å². The zero-order chi connectivity index (χ0) is 13.1. The number of carbonyl (C=O) groups excluding carboxylic acids is 1. The highest BCUT2D eigenvalue weighted by Gasteiger charge is 2.24. The molecule has 5 heteroatoms. The summed E-state index contributed by atoms with van der Waals surface area (Å²) in [6.07, 6.45) is 2.05. The van der Waals surface area contributed by atoms with Crippen LogP contribution in [0, 0.1) is 5.82 Å². The fraction of sp³-hybridized carbons (Fsp3) is 0.462. The summed E-state index contributed by atoms with van der Waals surface area (Å²) in [6.45, 7) is -0.161. The predicted molar refractivity (Wildman–Crippen MR) is 66.8 cm³/mol. The van der Waals surface area contributed by atoms with Crippen LogP contribution in [0.25, 0.3) is 0 Å². The predicted octanol–water partition coefficient (Wildman–Crippen LogP) is 1.03. The van der Waals surface area contributed by atoms with E-state index >= 15 is 0 Å². The molecule has 0 radical (unpaired) electrons. The Kier molecular flexibility index (Phi) is 3.81. The lowest BCUT2D eigenvalue weighted by molar-refractivity contribution is -0.119. The molecule has 0 heterocycles. The molecule has 0 bridgehead atoms. The minimum atomic E-state index is -0.428. The van der Waals surface area contributed by atoms with Crippen LogP contribution < -0.4 is 10.2 Å². The number of hydrogen-bond donors (Lipinski definition) is 2. The standard InChI is InChI=1S/C13H17FN2O2/c1-16(7-12(18)15-10-5-6-10)13-9(8-17)3-2-4-11(13)14/h2-4,10,17H,5-8H2,1H3,(H,15,18). The zero-order valence-electron chi connectivity index (χ0n) is 10.3. The lowest BCUT2D eigenvalue weighted by Crippen LogP contribution is -2.37. The van der Waals surface area contributed by atoms with E-state index in [1.807, 2.05) is 0 Å². The highest BCUT2D eigenvalue weighted by atomic mass is 19.1. The molecule has 18 heavy (non-hydrogen) atoms. The Bertz CT molecular complexity index is 447. The van der Waals surface area contributed by atoms with Crippen LogP contribution in [-0.4, -0.2) is 30.6 Å². The molecular formula is C13H17FN2O2. The zero-order valence-corrected chi connectivity index (χ0v) is 10.3. The van der Waals surface area contributed by atoms with Gasteiger partial charge >= 0.3 is 0 Å². The number of hydrogen-bond acceptors (Lipinski definition) is 3. The lowest BCUT2D eigenvalue weighted by atomic mass is 10.1. The van der Waals surface area contributed by atoms with Crippen molar-refractivity contribution in [2.75, 3.05) is 18.5 Å². The van der Waals surface area contributed by atoms with Crippen LogP contribution in [0.2, 0.25) is 0 Å². The van der Waals surface area contributed by atoms with E-state index in [9.17, 15) is 14.3 Å². The summed E-state index contributed by atoms with van der Waals surface area (Å²) >= 11 is 0. The van der Waals surface area contributed by atoms with Crippen LogP contribution >= 0.6 is 0 Å². The van der Waals surface area contributed by atoms with Crippen molar-refractivity contribution in [1.29, 1.82) is 0 Å². The number of halogens is 1. The number of anilines is 1. The molecule has 0 aromatic heterocycles. The number of nitrogens with zero attached hydrogens (tertiary/aromatic N) is 1. The van der Waals surface area contributed by atoms with Gasteiger partial charge in [-0.15, -0.1) is 0 Å². The first-order chi connectivity index (χ1) is 8.61. The first kappa shape index (κ1) is 12.8. The Balaban J connectivity index is 2.07. The third-order valence-electron chi connectivity index (χ3n) is 2.95. The Morgan fingerprint density at radius 3 is 2.89 bits per heavy atom. The quantitative estimate of drug-likeness (QED) is 0.823. The van der Waals surface area contributed by atoms with Crippen molar-refractivity contribution in [2.45, 2.75) is 25.5 Å². The number of para-hydroxylation sites is 1. The van der Waals surface area contributed by atoms with Crippen molar-refractivity contribution in [3.63, 3.8) is 0 Å². The molecule has 1 aliphatic rings. The van der Waals surface area contributed by atoms with E-state index in [1.54, 1.807) is 19.2 Å². The van der Waals surface area contributed by atoms with Gasteiger partial charge in [-0.3, -0.25) is 4.79 Å². The van der Waals surface area contributed by atoms with E-state index in [1.165, 1.54) is 11.0 Å². The van der Waals surface area contributed by atoms with E-state index in [4.69, 9.17) is 0 Å². The normalized spacial score (nSPS) is 14.4. The number of carbonyl (C=O) groups is 1. The first-order valence-corrected chi connectivity index (χ1v) is 6.00. The van der Waals surface area contributed by atoms with Gasteiger partial charge in [0.1, 0.15) is 5.82 Å². The van der Waals surface area contributed by atoms with Gasteiger partial charge in [0.15, 0.2) is 0 Å². The second-order valence-corrected chi connectivity index (χ2v) is 4.60. The van der Waals surface area contributed by atoms with E-state index in [2.05, 4.69) is 5.32 Å². The van der Waals surface area contributed by atoms with E-state index < -0.39 is 5.82 Å². The van der Waals surface area contributed by atoms with Crippen molar-refractivity contribution in [1.82, 2.24) is 5.32 Å². The Morgan fingerprint density at radius 2 is 2.28 bits per heavy atom. The third kappa shape index (κ3) is 2.98. The molecule has 1 fully saturated rings. The van der Waals surface area contributed by atoms with Gasteiger partial charge < -0.3 is 15.3 Å². The average molecular weight is 252 g/mol. The molecule has 98 valence electrons. The molecule has 0 spiro atoms. The Labute approximate surface area is 105 Å². The summed E-state index contributed by atoms with van der Waals surface area (Å²) in [5.74, 6) is -0.546. The Morgan fingerprint density at radius 1 is 1.56 bits per heavy atom. The number of aliphatic hydroxyl groups excluding tert-OH is 1. The molecule has 4 nitrogen and oxygen atoms in total. The summed E-state index contributed by atoms with van der Waals surface area (Å²) in [6, 6.07) is 4.81. The molecular weight excluding hydrogens is 235 g/mol.